The van der Waals surface area contributed by atoms with Gasteiger partial charge in [-0.2, -0.15) is 0 Å². The summed E-state index contributed by atoms with van der Waals surface area (Å²) < 4.78 is 11.2. The maximum Gasteiger partial charge on any atom is 0.226 e. The molecule has 0 unspecified atom stereocenters. The first kappa shape index (κ1) is 21.4. The van der Waals surface area contributed by atoms with Crippen molar-refractivity contribution < 1.29 is 13.9 Å². The van der Waals surface area contributed by atoms with Gasteiger partial charge in [-0.1, -0.05) is 25.4 Å². The van der Waals surface area contributed by atoms with Gasteiger partial charge in [0.1, 0.15) is 5.76 Å². The number of ether oxygens (including phenoxy) is 1. The number of halogens is 1. The van der Waals surface area contributed by atoms with Crippen LogP contribution in [0.25, 0.3) is 11.5 Å². The minimum Gasteiger partial charge on any atom is -0.441 e. The summed E-state index contributed by atoms with van der Waals surface area (Å²) in [5, 5.41) is 3.51. The number of benzene rings is 1. The lowest BCUT2D eigenvalue weighted by molar-refractivity contribution is -0.120. The Morgan fingerprint density at radius 2 is 1.93 bits per heavy atom. The topological polar surface area (TPSA) is 67.6 Å². The second kappa shape index (κ2) is 11.1. The molecule has 0 atom stereocenters. The Balaban J connectivity index is 1.73. The standard InChI is InChI=1S/C20H28ClN3O3/c1-4-24(5-2)11-13-26-12-10-22-19(25)14-18-15(3)27-20(23-18)16-6-8-17(21)9-7-16/h6-9H,4-5,10-14H2,1-3H3,(H,22,25). The summed E-state index contributed by atoms with van der Waals surface area (Å²) in [7, 11) is 0. The molecule has 0 saturated heterocycles. The number of aromatic nitrogens is 1. The van der Waals surface area contributed by atoms with Crippen LogP contribution < -0.4 is 5.32 Å². The SMILES string of the molecule is CCN(CC)CCOCCNC(=O)Cc1nc(-c2ccc(Cl)cc2)oc1C. The molecule has 1 aromatic heterocycles. The molecule has 1 amide bonds. The van der Waals surface area contributed by atoms with Crippen LogP contribution in [0.4, 0.5) is 0 Å². The maximum absolute atomic E-state index is 12.1. The van der Waals surface area contributed by atoms with E-state index in [2.05, 4.69) is 29.0 Å². The Hall–Kier alpha value is -1.89. The van der Waals surface area contributed by atoms with Crippen molar-refractivity contribution in [1.82, 2.24) is 15.2 Å². The van der Waals surface area contributed by atoms with Gasteiger partial charge in [-0.25, -0.2) is 4.98 Å². The van der Waals surface area contributed by atoms with Crippen LogP contribution >= 0.6 is 11.6 Å². The summed E-state index contributed by atoms with van der Waals surface area (Å²) in [6.07, 6.45) is 0.183. The lowest BCUT2D eigenvalue weighted by atomic mass is 10.2. The van der Waals surface area contributed by atoms with Gasteiger partial charge in [-0.15, -0.1) is 0 Å². The van der Waals surface area contributed by atoms with Gasteiger partial charge in [0.15, 0.2) is 0 Å². The third-order valence-corrected chi connectivity index (χ3v) is 4.58. The van der Waals surface area contributed by atoms with Crippen LogP contribution in [0.3, 0.4) is 0 Å². The number of likely N-dealkylation sites (N-methyl/N-ethyl adjacent to an activating group) is 1. The molecule has 0 fully saturated rings. The molecule has 1 N–H and O–H groups in total. The first-order valence-corrected chi connectivity index (χ1v) is 9.70. The first-order chi connectivity index (χ1) is 13.0. The molecule has 0 saturated carbocycles. The van der Waals surface area contributed by atoms with E-state index in [4.69, 9.17) is 20.8 Å². The molecule has 2 aromatic rings. The fourth-order valence-corrected chi connectivity index (χ4v) is 2.75. The van der Waals surface area contributed by atoms with Crippen LogP contribution in [0.1, 0.15) is 25.3 Å². The second-order valence-electron chi connectivity index (χ2n) is 6.19. The minimum absolute atomic E-state index is 0.0959. The van der Waals surface area contributed by atoms with Crippen molar-refractivity contribution >= 4 is 17.5 Å². The van der Waals surface area contributed by atoms with Crippen LogP contribution in [0.5, 0.6) is 0 Å². The molecule has 0 bridgehead atoms. The van der Waals surface area contributed by atoms with E-state index in [9.17, 15) is 4.79 Å². The zero-order valence-electron chi connectivity index (χ0n) is 16.3. The second-order valence-corrected chi connectivity index (χ2v) is 6.63. The monoisotopic (exact) mass is 393 g/mol. The van der Waals surface area contributed by atoms with E-state index in [1.807, 2.05) is 19.1 Å². The number of rotatable bonds is 11. The largest absolute Gasteiger partial charge is 0.441 e. The molecule has 7 heteroatoms. The van der Waals surface area contributed by atoms with Crippen LogP contribution in [-0.2, 0) is 16.0 Å². The molecule has 0 spiro atoms. The van der Waals surface area contributed by atoms with Gasteiger partial charge in [0, 0.05) is 23.7 Å². The molecule has 148 valence electrons. The van der Waals surface area contributed by atoms with Crippen LogP contribution in [0, 0.1) is 6.92 Å². The maximum atomic E-state index is 12.1. The van der Waals surface area contributed by atoms with E-state index in [-0.39, 0.29) is 12.3 Å². The van der Waals surface area contributed by atoms with Crippen molar-refractivity contribution in [2.75, 3.05) is 39.4 Å². The van der Waals surface area contributed by atoms with Crippen molar-refractivity contribution in [3.05, 3.63) is 40.7 Å². The predicted octanol–water partition coefficient (Wildman–Crippen LogP) is 3.32. The molecule has 1 aromatic carbocycles. The Bertz CT molecular complexity index is 712. The highest BCUT2D eigenvalue weighted by molar-refractivity contribution is 6.30. The number of nitrogens with one attached hydrogen (secondary N) is 1. The van der Waals surface area contributed by atoms with Crippen LogP contribution in [0.2, 0.25) is 5.02 Å². The highest BCUT2D eigenvalue weighted by Crippen LogP contribution is 2.23. The molecular weight excluding hydrogens is 366 g/mol. The molecule has 0 aliphatic heterocycles. The van der Waals surface area contributed by atoms with Gasteiger partial charge >= 0.3 is 0 Å². The van der Waals surface area contributed by atoms with E-state index in [0.29, 0.717) is 42.1 Å². The third kappa shape index (κ3) is 6.97. The number of carbonyl (C=O) groups is 1. The number of carbonyl (C=O) groups excluding carboxylic acids is 1. The smallest absolute Gasteiger partial charge is 0.226 e. The van der Waals surface area contributed by atoms with E-state index in [0.717, 1.165) is 25.2 Å². The number of hydrogen-bond donors (Lipinski definition) is 1. The fourth-order valence-electron chi connectivity index (χ4n) is 2.62. The number of nitrogens with zero attached hydrogens (tertiary/aromatic N) is 2. The molecule has 6 nitrogen and oxygen atoms in total. The number of aryl methyl sites for hydroxylation is 1. The van der Waals surface area contributed by atoms with Crippen LogP contribution in [0.15, 0.2) is 28.7 Å². The predicted molar refractivity (Wildman–Crippen MR) is 107 cm³/mol. The molecular formula is C20H28ClN3O3. The highest BCUT2D eigenvalue weighted by Gasteiger charge is 2.14. The molecule has 0 radical (unpaired) electrons. The van der Waals surface area contributed by atoms with Gasteiger partial charge in [-0.05, 0) is 44.3 Å². The van der Waals surface area contributed by atoms with E-state index in [1.165, 1.54) is 0 Å². The van der Waals surface area contributed by atoms with Crippen molar-refractivity contribution in [3.8, 4) is 11.5 Å². The zero-order chi connectivity index (χ0) is 19.6. The molecule has 2 rings (SSSR count). The summed E-state index contributed by atoms with van der Waals surface area (Å²) in [6.45, 7) is 10.7. The Morgan fingerprint density at radius 3 is 2.59 bits per heavy atom. The average molecular weight is 394 g/mol. The van der Waals surface area contributed by atoms with Crippen LogP contribution in [-0.4, -0.2) is 55.2 Å². The number of hydrogen-bond acceptors (Lipinski definition) is 5. The summed E-state index contributed by atoms with van der Waals surface area (Å²) in [4.78, 5) is 18.8. The van der Waals surface area contributed by atoms with Crippen molar-refractivity contribution in [2.45, 2.75) is 27.2 Å². The van der Waals surface area contributed by atoms with Gasteiger partial charge in [0.05, 0.1) is 25.3 Å². The summed E-state index contributed by atoms with van der Waals surface area (Å²) in [5.41, 5.74) is 1.47. The molecule has 0 aliphatic rings. The lowest BCUT2D eigenvalue weighted by Crippen LogP contribution is -2.31. The van der Waals surface area contributed by atoms with Gasteiger partial charge in [-0.3, -0.25) is 4.79 Å². The first-order valence-electron chi connectivity index (χ1n) is 9.32. The Morgan fingerprint density at radius 1 is 1.22 bits per heavy atom. The van der Waals surface area contributed by atoms with Crippen molar-refractivity contribution in [2.24, 2.45) is 0 Å². The minimum atomic E-state index is -0.0959. The lowest BCUT2D eigenvalue weighted by Gasteiger charge is -2.17. The number of oxazole rings is 1. The van der Waals surface area contributed by atoms with Gasteiger partial charge < -0.3 is 19.4 Å². The molecule has 0 aliphatic carbocycles. The third-order valence-electron chi connectivity index (χ3n) is 4.33. The highest BCUT2D eigenvalue weighted by atomic mass is 35.5. The van der Waals surface area contributed by atoms with E-state index < -0.39 is 0 Å². The quantitative estimate of drug-likeness (QED) is 0.593. The number of amides is 1. The summed E-state index contributed by atoms with van der Waals surface area (Å²) in [6, 6.07) is 7.24. The van der Waals surface area contributed by atoms with E-state index in [1.54, 1.807) is 12.1 Å². The zero-order valence-corrected chi connectivity index (χ0v) is 17.0. The van der Waals surface area contributed by atoms with Gasteiger partial charge in [0.2, 0.25) is 11.8 Å². The van der Waals surface area contributed by atoms with E-state index >= 15 is 0 Å². The molecule has 27 heavy (non-hydrogen) atoms. The molecule has 1 heterocycles. The summed E-state index contributed by atoms with van der Waals surface area (Å²) >= 11 is 5.90. The normalized spacial score (nSPS) is 11.1. The Labute approximate surface area is 165 Å². The Kier molecular flexibility index (Phi) is 8.78. The average Bonchev–Trinajstić information content (AvgIpc) is 3.02. The summed E-state index contributed by atoms with van der Waals surface area (Å²) in [5.74, 6) is 1.04. The van der Waals surface area contributed by atoms with Gasteiger partial charge in [0.25, 0.3) is 0 Å². The van der Waals surface area contributed by atoms with Crippen molar-refractivity contribution in [3.63, 3.8) is 0 Å². The van der Waals surface area contributed by atoms with Crippen molar-refractivity contribution in [1.29, 1.82) is 0 Å². The fraction of sp³-hybridized carbons (Fsp3) is 0.500.